The Morgan fingerprint density at radius 2 is 1.71 bits per heavy atom. The topological polar surface area (TPSA) is 26.0 Å². The largest absolute Gasteiger partial charge is 0.325 e. The van der Waals surface area contributed by atoms with Crippen LogP contribution in [0.3, 0.4) is 0 Å². The van der Waals surface area contributed by atoms with Gasteiger partial charge in [0.25, 0.3) is 0 Å². The predicted molar refractivity (Wildman–Crippen MR) is 66.8 cm³/mol. The Balaban J connectivity index is 2.30. The van der Waals surface area contributed by atoms with Crippen molar-refractivity contribution in [3.8, 4) is 0 Å². The standard InChI is InChI=1S/C12H25NS/c1-11(2)6-8-12(13,9-7-11)5-4-10-14-3/h4-10,13H2,1-3H3. The van der Waals surface area contributed by atoms with Gasteiger partial charge < -0.3 is 5.73 Å². The molecule has 0 atom stereocenters. The van der Waals surface area contributed by atoms with Crippen molar-refractivity contribution in [2.75, 3.05) is 12.0 Å². The van der Waals surface area contributed by atoms with E-state index in [0.717, 1.165) is 0 Å². The average Bonchev–Trinajstić information content (AvgIpc) is 2.12. The molecular weight excluding hydrogens is 190 g/mol. The van der Waals surface area contributed by atoms with Crippen LogP contribution in [0.25, 0.3) is 0 Å². The Morgan fingerprint density at radius 3 is 2.21 bits per heavy atom. The predicted octanol–water partition coefficient (Wildman–Crippen LogP) is 3.43. The first-order valence-electron chi connectivity index (χ1n) is 5.75. The fourth-order valence-corrected chi connectivity index (χ4v) is 2.68. The van der Waals surface area contributed by atoms with Crippen molar-refractivity contribution in [2.45, 2.75) is 57.9 Å². The maximum atomic E-state index is 6.41. The van der Waals surface area contributed by atoms with Crippen LogP contribution in [0.5, 0.6) is 0 Å². The van der Waals surface area contributed by atoms with Crippen LogP contribution in [-0.4, -0.2) is 17.5 Å². The first-order chi connectivity index (χ1) is 6.47. The summed E-state index contributed by atoms with van der Waals surface area (Å²) in [6, 6.07) is 0. The van der Waals surface area contributed by atoms with E-state index in [-0.39, 0.29) is 5.54 Å². The zero-order valence-corrected chi connectivity index (χ0v) is 10.8. The fraction of sp³-hybridized carbons (Fsp3) is 1.00. The molecule has 0 spiro atoms. The van der Waals surface area contributed by atoms with Gasteiger partial charge in [-0.25, -0.2) is 0 Å². The number of nitrogens with two attached hydrogens (primary N) is 1. The highest BCUT2D eigenvalue weighted by Crippen LogP contribution is 2.40. The summed E-state index contributed by atoms with van der Waals surface area (Å²) in [5, 5.41) is 0. The Labute approximate surface area is 93.2 Å². The molecular formula is C12H25NS. The summed E-state index contributed by atoms with van der Waals surface area (Å²) in [5.74, 6) is 1.27. The molecule has 0 saturated heterocycles. The minimum atomic E-state index is 0.172. The van der Waals surface area contributed by atoms with Gasteiger partial charge >= 0.3 is 0 Å². The maximum absolute atomic E-state index is 6.41. The second-order valence-electron chi connectivity index (χ2n) is 5.62. The van der Waals surface area contributed by atoms with Gasteiger partial charge in [0.1, 0.15) is 0 Å². The molecule has 0 radical (unpaired) electrons. The maximum Gasteiger partial charge on any atom is 0.0155 e. The Hall–Kier alpha value is 0.310. The van der Waals surface area contributed by atoms with Crippen LogP contribution in [0.2, 0.25) is 0 Å². The first kappa shape index (κ1) is 12.4. The third-order valence-corrected chi connectivity index (χ3v) is 4.32. The molecule has 1 saturated carbocycles. The summed E-state index contributed by atoms with van der Waals surface area (Å²) in [6.07, 6.45) is 9.77. The van der Waals surface area contributed by atoms with Gasteiger partial charge in [0.2, 0.25) is 0 Å². The number of hydrogen-bond acceptors (Lipinski definition) is 2. The lowest BCUT2D eigenvalue weighted by Gasteiger charge is -2.41. The molecule has 1 aliphatic carbocycles. The molecule has 1 nitrogen and oxygen atoms in total. The average molecular weight is 215 g/mol. The minimum absolute atomic E-state index is 0.172. The van der Waals surface area contributed by atoms with E-state index in [1.165, 1.54) is 44.3 Å². The van der Waals surface area contributed by atoms with Crippen LogP contribution in [0.1, 0.15) is 52.4 Å². The molecule has 0 unspecified atom stereocenters. The van der Waals surface area contributed by atoms with Gasteiger partial charge in [-0.15, -0.1) is 0 Å². The smallest absolute Gasteiger partial charge is 0.0155 e. The molecule has 84 valence electrons. The molecule has 0 aromatic heterocycles. The molecule has 1 aliphatic rings. The van der Waals surface area contributed by atoms with Crippen LogP contribution in [0, 0.1) is 5.41 Å². The summed E-state index contributed by atoms with van der Waals surface area (Å²) in [5.41, 5.74) is 7.13. The summed E-state index contributed by atoms with van der Waals surface area (Å²) < 4.78 is 0. The molecule has 0 amide bonds. The summed E-state index contributed by atoms with van der Waals surface area (Å²) >= 11 is 1.93. The van der Waals surface area contributed by atoms with E-state index in [1.807, 2.05) is 11.8 Å². The van der Waals surface area contributed by atoms with Crippen LogP contribution in [0.4, 0.5) is 0 Å². The Kier molecular flexibility index (Phi) is 4.32. The van der Waals surface area contributed by atoms with E-state index in [2.05, 4.69) is 20.1 Å². The number of hydrogen-bond donors (Lipinski definition) is 1. The molecule has 14 heavy (non-hydrogen) atoms. The molecule has 0 aromatic carbocycles. The molecule has 0 heterocycles. The molecule has 0 bridgehead atoms. The SMILES string of the molecule is CSCCCC1(N)CCC(C)(C)CC1. The van der Waals surface area contributed by atoms with Gasteiger partial charge in [0.05, 0.1) is 0 Å². The molecule has 1 rings (SSSR count). The molecule has 0 aliphatic heterocycles. The normalized spacial score (nSPS) is 24.9. The third-order valence-electron chi connectivity index (χ3n) is 3.62. The monoisotopic (exact) mass is 215 g/mol. The zero-order chi connectivity index (χ0) is 10.7. The third kappa shape index (κ3) is 3.82. The second-order valence-corrected chi connectivity index (χ2v) is 6.61. The van der Waals surface area contributed by atoms with E-state index in [1.54, 1.807) is 0 Å². The van der Waals surface area contributed by atoms with E-state index in [4.69, 9.17) is 5.73 Å². The van der Waals surface area contributed by atoms with E-state index in [9.17, 15) is 0 Å². The van der Waals surface area contributed by atoms with Crippen molar-refractivity contribution in [1.29, 1.82) is 0 Å². The highest BCUT2D eigenvalue weighted by molar-refractivity contribution is 7.98. The van der Waals surface area contributed by atoms with Crippen molar-refractivity contribution in [3.05, 3.63) is 0 Å². The summed E-state index contributed by atoms with van der Waals surface area (Å²) in [7, 11) is 0. The van der Waals surface area contributed by atoms with Gasteiger partial charge in [0, 0.05) is 5.54 Å². The molecule has 1 fully saturated rings. The number of rotatable bonds is 4. The van der Waals surface area contributed by atoms with Gasteiger partial charge in [-0.2, -0.15) is 11.8 Å². The van der Waals surface area contributed by atoms with E-state index in [0.29, 0.717) is 5.41 Å². The van der Waals surface area contributed by atoms with Gasteiger partial charge in [-0.05, 0) is 55.9 Å². The van der Waals surface area contributed by atoms with Crippen LogP contribution in [0.15, 0.2) is 0 Å². The van der Waals surface area contributed by atoms with Crippen molar-refractivity contribution in [3.63, 3.8) is 0 Å². The zero-order valence-electron chi connectivity index (χ0n) is 9.94. The summed E-state index contributed by atoms with van der Waals surface area (Å²) in [4.78, 5) is 0. The lowest BCUT2D eigenvalue weighted by atomic mass is 9.68. The van der Waals surface area contributed by atoms with Crippen LogP contribution in [-0.2, 0) is 0 Å². The lowest BCUT2D eigenvalue weighted by Crippen LogP contribution is -2.45. The highest BCUT2D eigenvalue weighted by atomic mass is 32.2. The van der Waals surface area contributed by atoms with Crippen LogP contribution >= 0.6 is 11.8 Å². The quantitative estimate of drug-likeness (QED) is 0.727. The van der Waals surface area contributed by atoms with Crippen molar-refractivity contribution in [2.24, 2.45) is 11.1 Å². The van der Waals surface area contributed by atoms with Gasteiger partial charge in [-0.1, -0.05) is 13.8 Å². The van der Waals surface area contributed by atoms with E-state index < -0.39 is 0 Å². The van der Waals surface area contributed by atoms with Gasteiger partial charge in [-0.3, -0.25) is 0 Å². The molecule has 2 N–H and O–H groups in total. The van der Waals surface area contributed by atoms with E-state index >= 15 is 0 Å². The van der Waals surface area contributed by atoms with Crippen molar-refractivity contribution in [1.82, 2.24) is 0 Å². The summed E-state index contributed by atoms with van der Waals surface area (Å²) in [6.45, 7) is 4.74. The molecule has 0 aromatic rings. The van der Waals surface area contributed by atoms with Crippen molar-refractivity contribution < 1.29 is 0 Å². The Morgan fingerprint density at radius 1 is 1.14 bits per heavy atom. The van der Waals surface area contributed by atoms with Crippen molar-refractivity contribution >= 4 is 11.8 Å². The van der Waals surface area contributed by atoms with Crippen LogP contribution < -0.4 is 5.73 Å². The lowest BCUT2D eigenvalue weighted by molar-refractivity contribution is 0.157. The van der Waals surface area contributed by atoms with Gasteiger partial charge in [0.15, 0.2) is 0 Å². The first-order valence-corrected chi connectivity index (χ1v) is 7.15. The minimum Gasteiger partial charge on any atom is -0.325 e. The highest BCUT2D eigenvalue weighted by Gasteiger charge is 2.34. The fourth-order valence-electron chi connectivity index (χ4n) is 2.24. The number of thioether (sulfide) groups is 1. The second kappa shape index (κ2) is 4.89. The Bertz CT molecular complexity index is 167. The molecule has 2 heteroatoms.